The molecule has 0 aliphatic carbocycles. The standard InChI is InChI=1S/C18H14N2O5S/c1-25-13-8-4-5-10(15(13)21)9-14-16(22)20-18(26-14)19-12-7-3-2-6-11(12)17(23)24/h2-9,21H,1H3,(H,23,24)(H,19,20,22)/b14-9+. The minimum Gasteiger partial charge on any atom is -0.504 e. The molecule has 2 aromatic rings. The van der Waals surface area contributed by atoms with Crippen LogP contribution < -0.4 is 10.1 Å². The molecule has 0 saturated carbocycles. The zero-order chi connectivity index (χ0) is 18.7. The largest absolute Gasteiger partial charge is 0.504 e. The number of ether oxygens (including phenoxy) is 1. The molecule has 0 radical (unpaired) electrons. The first-order chi connectivity index (χ1) is 12.5. The van der Waals surface area contributed by atoms with Gasteiger partial charge in [-0.25, -0.2) is 9.79 Å². The first-order valence-electron chi connectivity index (χ1n) is 7.47. The van der Waals surface area contributed by atoms with Gasteiger partial charge in [0.15, 0.2) is 16.7 Å². The lowest BCUT2D eigenvalue weighted by molar-refractivity contribution is -0.115. The summed E-state index contributed by atoms with van der Waals surface area (Å²) in [5, 5.41) is 22.2. The maximum absolute atomic E-state index is 12.2. The zero-order valence-corrected chi connectivity index (χ0v) is 14.4. The van der Waals surface area contributed by atoms with E-state index < -0.39 is 5.97 Å². The van der Waals surface area contributed by atoms with Gasteiger partial charge in [-0.15, -0.1) is 0 Å². The molecule has 1 aliphatic rings. The number of hydrogen-bond donors (Lipinski definition) is 3. The molecule has 0 spiro atoms. The van der Waals surface area contributed by atoms with Gasteiger partial charge in [0.05, 0.1) is 23.3 Å². The van der Waals surface area contributed by atoms with E-state index >= 15 is 0 Å². The molecule has 1 saturated heterocycles. The molecule has 0 unspecified atom stereocenters. The molecule has 1 heterocycles. The van der Waals surface area contributed by atoms with Crippen LogP contribution in [0, 0.1) is 0 Å². The molecule has 1 aliphatic heterocycles. The number of carbonyl (C=O) groups excluding carboxylic acids is 1. The topological polar surface area (TPSA) is 108 Å². The molecule has 0 atom stereocenters. The number of carboxylic acids is 1. The van der Waals surface area contributed by atoms with Crippen molar-refractivity contribution in [1.82, 2.24) is 5.32 Å². The van der Waals surface area contributed by atoms with Gasteiger partial charge in [-0.3, -0.25) is 4.79 Å². The van der Waals surface area contributed by atoms with E-state index in [2.05, 4.69) is 10.3 Å². The number of rotatable bonds is 4. The van der Waals surface area contributed by atoms with Gasteiger partial charge in [-0.2, -0.15) is 0 Å². The number of hydrogen-bond acceptors (Lipinski definition) is 6. The number of carbonyl (C=O) groups is 2. The Morgan fingerprint density at radius 1 is 1.23 bits per heavy atom. The summed E-state index contributed by atoms with van der Waals surface area (Å²) >= 11 is 1.06. The highest BCUT2D eigenvalue weighted by Crippen LogP contribution is 2.34. The fourth-order valence-electron chi connectivity index (χ4n) is 2.30. The summed E-state index contributed by atoms with van der Waals surface area (Å²) in [5.74, 6) is -1.26. The van der Waals surface area contributed by atoms with Crippen molar-refractivity contribution in [2.75, 3.05) is 7.11 Å². The number of para-hydroxylation sites is 2. The molecule has 3 N–H and O–H groups in total. The van der Waals surface area contributed by atoms with E-state index in [0.29, 0.717) is 16.2 Å². The normalized spacial score (nSPS) is 16.7. The molecule has 132 valence electrons. The van der Waals surface area contributed by atoms with Crippen LogP contribution in [0.4, 0.5) is 5.69 Å². The number of phenolic OH excluding ortho intramolecular Hbond substituents is 1. The number of amides is 1. The second kappa shape index (κ2) is 7.32. The molecule has 0 aromatic heterocycles. The number of nitrogens with zero attached hydrogens (tertiary/aromatic N) is 1. The zero-order valence-electron chi connectivity index (χ0n) is 13.6. The second-order valence-corrected chi connectivity index (χ2v) is 6.23. The van der Waals surface area contributed by atoms with Crippen LogP contribution in [0.15, 0.2) is 52.4 Å². The van der Waals surface area contributed by atoms with Crippen molar-refractivity contribution in [2.24, 2.45) is 4.99 Å². The van der Waals surface area contributed by atoms with E-state index in [1.807, 2.05) is 0 Å². The molecule has 1 fully saturated rings. The van der Waals surface area contributed by atoms with E-state index in [4.69, 9.17) is 4.74 Å². The van der Waals surface area contributed by atoms with Crippen LogP contribution in [-0.4, -0.2) is 34.4 Å². The molecule has 2 aromatic carbocycles. The number of thioether (sulfide) groups is 1. The van der Waals surface area contributed by atoms with Crippen molar-refractivity contribution < 1.29 is 24.5 Å². The second-order valence-electron chi connectivity index (χ2n) is 5.20. The van der Waals surface area contributed by atoms with Crippen LogP contribution in [0.1, 0.15) is 15.9 Å². The average Bonchev–Trinajstić information content (AvgIpc) is 2.96. The summed E-state index contributed by atoms with van der Waals surface area (Å²) in [6.45, 7) is 0. The number of aromatic hydroxyl groups is 1. The van der Waals surface area contributed by atoms with E-state index in [-0.39, 0.29) is 28.1 Å². The Bertz CT molecular complexity index is 952. The van der Waals surface area contributed by atoms with Crippen LogP contribution >= 0.6 is 11.8 Å². The molecule has 1 amide bonds. The Morgan fingerprint density at radius 3 is 2.73 bits per heavy atom. The summed E-state index contributed by atoms with van der Waals surface area (Å²) in [7, 11) is 1.44. The number of aromatic carboxylic acids is 1. The van der Waals surface area contributed by atoms with Gasteiger partial charge in [-0.1, -0.05) is 24.3 Å². The van der Waals surface area contributed by atoms with Gasteiger partial charge in [0.2, 0.25) is 0 Å². The number of phenols is 1. The summed E-state index contributed by atoms with van der Waals surface area (Å²) in [5.41, 5.74) is 0.709. The summed E-state index contributed by atoms with van der Waals surface area (Å²) in [4.78, 5) is 27.9. The minimum atomic E-state index is -1.10. The smallest absolute Gasteiger partial charge is 0.337 e. The highest BCUT2D eigenvalue weighted by molar-refractivity contribution is 8.18. The number of aliphatic imine (C=N–C) groups is 1. The Hall–Kier alpha value is -3.26. The van der Waals surface area contributed by atoms with Crippen molar-refractivity contribution in [3.05, 3.63) is 58.5 Å². The minimum absolute atomic E-state index is 0.0396. The molecule has 3 rings (SSSR count). The summed E-state index contributed by atoms with van der Waals surface area (Å²) in [6.07, 6.45) is 1.52. The lowest BCUT2D eigenvalue weighted by Crippen LogP contribution is -2.19. The monoisotopic (exact) mass is 370 g/mol. The quantitative estimate of drug-likeness (QED) is 0.714. The third kappa shape index (κ3) is 3.55. The fraction of sp³-hybridized carbons (Fsp3) is 0.0556. The Morgan fingerprint density at radius 2 is 2.00 bits per heavy atom. The Balaban J connectivity index is 1.91. The third-order valence-electron chi connectivity index (χ3n) is 3.54. The van der Waals surface area contributed by atoms with E-state index in [9.17, 15) is 19.8 Å². The van der Waals surface area contributed by atoms with Crippen molar-refractivity contribution in [2.45, 2.75) is 0 Å². The van der Waals surface area contributed by atoms with Crippen LogP contribution in [0.5, 0.6) is 11.5 Å². The van der Waals surface area contributed by atoms with Crippen LogP contribution in [0.2, 0.25) is 0 Å². The lowest BCUT2D eigenvalue weighted by atomic mass is 10.1. The third-order valence-corrected chi connectivity index (χ3v) is 4.45. The van der Waals surface area contributed by atoms with E-state index in [1.165, 1.54) is 19.3 Å². The summed E-state index contributed by atoms with van der Waals surface area (Å²) in [6, 6.07) is 11.2. The fourth-order valence-corrected chi connectivity index (χ4v) is 3.13. The maximum atomic E-state index is 12.2. The highest BCUT2D eigenvalue weighted by atomic mass is 32.2. The van der Waals surface area contributed by atoms with Gasteiger partial charge in [0, 0.05) is 5.56 Å². The first-order valence-corrected chi connectivity index (χ1v) is 8.29. The number of methoxy groups -OCH3 is 1. The number of amidine groups is 1. The lowest BCUT2D eigenvalue weighted by Gasteiger charge is -2.05. The van der Waals surface area contributed by atoms with Crippen molar-refractivity contribution >= 4 is 40.6 Å². The molecule has 26 heavy (non-hydrogen) atoms. The highest BCUT2D eigenvalue weighted by Gasteiger charge is 2.25. The molecule has 8 heteroatoms. The van der Waals surface area contributed by atoms with Gasteiger partial charge < -0.3 is 20.3 Å². The Labute approximate surface area is 153 Å². The first kappa shape index (κ1) is 17.6. The van der Waals surface area contributed by atoms with Crippen molar-refractivity contribution in [3.63, 3.8) is 0 Å². The predicted molar refractivity (Wildman–Crippen MR) is 98.9 cm³/mol. The van der Waals surface area contributed by atoms with E-state index in [1.54, 1.807) is 36.4 Å². The van der Waals surface area contributed by atoms with Crippen LogP contribution in [-0.2, 0) is 4.79 Å². The van der Waals surface area contributed by atoms with Gasteiger partial charge in [0.25, 0.3) is 5.91 Å². The predicted octanol–water partition coefficient (Wildman–Crippen LogP) is 2.99. The van der Waals surface area contributed by atoms with Crippen LogP contribution in [0.25, 0.3) is 6.08 Å². The van der Waals surface area contributed by atoms with Crippen molar-refractivity contribution in [1.29, 1.82) is 0 Å². The molecular weight excluding hydrogens is 356 g/mol. The number of benzene rings is 2. The van der Waals surface area contributed by atoms with Crippen molar-refractivity contribution in [3.8, 4) is 11.5 Å². The van der Waals surface area contributed by atoms with E-state index in [0.717, 1.165) is 11.8 Å². The molecule has 0 bridgehead atoms. The molecule has 7 nitrogen and oxygen atoms in total. The van der Waals surface area contributed by atoms with Gasteiger partial charge >= 0.3 is 5.97 Å². The Kier molecular flexibility index (Phi) is 4.94. The summed E-state index contributed by atoms with van der Waals surface area (Å²) < 4.78 is 5.05. The average molecular weight is 370 g/mol. The maximum Gasteiger partial charge on any atom is 0.337 e. The SMILES string of the molecule is COc1cccc(/C=C2/SC(=Nc3ccccc3C(=O)O)NC2=O)c1O. The number of nitrogens with one attached hydrogen (secondary N) is 1. The van der Waals surface area contributed by atoms with Gasteiger partial charge in [-0.05, 0) is 36.0 Å². The number of carboxylic acid groups (broad SMARTS) is 1. The van der Waals surface area contributed by atoms with Gasteiger partial charge in [0.1, 0.15) is 0 Å². The van der Waals surface area contributed by atoms with Crippen LogP contribution in [0.3, 0.4) is 0 Å². The molecular formula is C18H14N2O5S.